The van der Waals surface area contributed by atoms with Crippen LogP contribution in [0, 0.1) is 34.9 Å². The highest BCUT2D eigenvalue weighted by atomic mass is 19.2. The molecular formula is C85H93F6N11O11. The van der Waals surface area contributed by atoms with Crippen molar-refractivity contribution >= 4 is 59.1 Å². The molecule has 11 atom stereocenters. The predicted octanol–water partition coefficient (Wildman–Crippen LogP) is 9.36. The number of likely N-dealkylation sites (N-methyl/N-ethyl adjacent to an activating group) is 4. The average molecular weight is 1560 g/mol. The Bertz CT molecular complexity index is 4280. The van der Waals surface area contributed by atoms with Gasteiger partial charge in [-0.2, -0.15) is 0 Å². The number of nitrogens with two attached hydrogens (primary N) is 2. The molecule has 28 heteroatoms. The summed E-state index contributed by atoms with van der Waals surface area (Å²) in [4.78, 5) is 128. The quantitative estimate of drug-likeness (QED) is 0.0294. The molecule has 9 amide bonds. The maximum atomic E-state index is 13.3. The molecule has 7 aromatic rings. The van der Waals surface area contributed by atoms with Crippen molar-refractivity contribution in [1.29, 1.82) is 0 Å². The topological polar surface area (TPSA) is 316 Å². The summed E-state index contributed by atoms with van der Waals surface area (Å²) >= 11 is 0. The molecule has 0 spiro atoms. The Morgan fingerprint density at radius 3 is 0.850 bits per heavy atom. The Morgan fingerprint density at radius 1 is 0.372 bits per heavy atom. The van der Waals surface area contributed by atoms with Crippen LogP contribution < -0.4 is 38.1 Å². The van der Waals surface area contributed by atoms with E-state index in [0.29, 0.717) is 31.7 Å². The van der Waals surface area contributed by atoms with Gasteiger partial charge < -0.3 is 62.8 Å². The van der Waals surface area contributed by atoms with E-state index in [1.807, 2.05) is 170 Å². The molecule has 4 heterocycles. The average Bonchev–Trinajstić information content (AvgIpc) is 1.75. The van der Waals surface area contributed by atoms with Gasteiger partial charge in [0.2, 0.25) is 53.2 Å². The second-order valence-corrected chi connectivity index (χ2v) is 27.3. The first-order valence-corrected chi connectivity index (χ1v) is 36.3. The zero-order valence-corrected chi connectivity index (χ0v) is 63.4. The monoisotopic (exact) mass is 1560 g/mol. The van der Waals surface area contributed by atoms with Gasteiger partial charge in [-0.1, -0.05) is 170 Å². The fourth-order valence-corrected chi connectivity index (χ4v) is 12.4. The Hall–Kier alpha value is -12.3. The number of aliphatic carboxylic acids is 1. The molecule has 113 heavy (non-hydrogen) atoms. The van der Waals surface area contributed by atoms with Crippen molar-refractivity contribution in [3.63, 3.8) is 0 Å². The molecule has 4 aliphatic heterocycles. The lowest BCUT2D eigenvalue weighted by atomic mass is 10.1. The zero-order valence-electron chi connectivity index (χ0n) is 63.4. The van der Waals surface area contributed by atoms with Crippen LogP contribution in [0.3, 0.4) is 0 Å². The maximum Gasteiger partial charge on any atom is 0.325 e. The molecular weight excluding hydrogens is 1460 g/mol. The second kappa shape index (κ2) is 42.8. The van der Waals surface area contributed by atoms with E-state index in [9.17, 15) is 74.3 Å². The number of nitrogens with zero attached hydrogens (tertiary/aromatic N) is 4. The summed E-state index contributed by atoms with van der Waals surface area (Å²) in [6.45, 7) is 4.26. The predicted molar refractivity (Wildman–Crippen MR) is 413 cm³/mol. The molecule has 22 nitrogen and oxygen atoms in total. The third-order valence-corrected chi connectivity index (χ3v) is 18.4. The van der Waals surface area contributed by atoms with E-state index in [1.54, 1.807) is 47.8 Å². The molecule has 0 fully saturated rings. The van der Waals surface area contributed by atoms with Crippen LogP contribution in [0.25, 0.3) is 0 Å². The number of hydrogen-bond acceptors (Lipinski definition) is 12. The largest absolute Gasteiger partial charge is 0.480 e. The van der Waals surface area contributed by atoms with Gasteiger partial charge in [-0.05, 0) is 122 Å². The number of carbonyl (C=O) groups is 10. The van der Waals surface area contributed by atoms with Crippen LogP contribution in [-0.4, -0.2) is 154 Å². The lowest BCUT2D eigenvalue weighted by molar-refractivity contribution is -0.141. The van der Waals surface area contributed by atoms with Gasteiger partial charge in [0.15, 0.2) is 0 Å². The van der Waals surface area contributed by atoms with Crippen LogP contribution in [0.4, 0.5) is 26.3 Å². The molecule has 0 saturated heterocycles. The third kappa shape index (κ3) is 27.0. The maximum absolute atomic E-state index is 13.3. The molecule has 0 unspecified atom stereocenters. The van der Waals surface area contributed by atoms with Crippen molar-refractivity contribution in [3.8, 4) is 0 Å². The molecule has 0 aromatic heterocycles. The molecule has 7 aromatic carbocycles. The van der Waals surface area contributed by atoms with Crippen LogP contribution in [0.5, 0.6) is 0 Å². The molecule has 0 aliphatic carbocycles. The van der Waals surface area contributed by atoms with Crippen molar-refractivity contribution in [1.82, 2.24) is 46.2 Å². The highest BCUT2D eigenvalue weighted by Crippen LogP contribution is 2.29. The molecule has 4 aliphatic rings. The first kappa shape index (κ1) is 87.9. The highest BCUT2D eigenvalue weighted by Gasteiger charge is 2.34. The van der Waals surface area contributed by atoms with Crippen molar-refractivity contribution in [3.05, 3.63) is 298 Å². The standard InChI is InChI=1S/2C24H25F2N3O3.2C13H16N2O.C11H11F2NO3/c2*1-15(27-22(30)13-16-11-18(25)14-19(26)12-16)23(31)28-20-9-6-10-21(29(2)24(20)32)17-7-4-3-5-8-17;2*1-15-12(10-6-3-2-4-7-10)9-5-8-11(14)13(15)16;1-6(11(16)17)14-10(15)4-7-2-8(12)5-9(13)3-7/h2*3-8,10-12,14-15,20-21H,9,13H2,1-2H3,(H,27,30)(H,28,31);2*2-7,9,11-12H,8,14H2,1H3;2-3,5-6H,4H2,1H3,(H,14,15)(H,16,17)/t15-,20-,21+;15-,20-,21-;11-,12+;11-,12-;6-/m00000/s1. The van der Waals surface area contributed by atoms with Gasteiger partial charge in [-0.25, -0.2) is 26.3 Å². The summed E-state index contributed by atoms with van der Waals surface area (Å²) in [5.41, 5.74) is 16.1. The van der Waals surface area contributed by atoms with E-state index in [-0.39, 0.29) is 83.7 Å². The number of hydrogen-bond donors (Lipinski definition) is 8. The van der Waals surface area contributed by atoms with Gasteiger partial charge in [0.1, 0.15) is 65.1 Å². The summed E-state index contributed by atoms with van der Waals surface area (Å²) in [6.07, 6.45) is 16.7. The second-order valence-electron chi connectivity index (χ2n) is 27.3. The van der Waals surface area contributed by atoms with E-state index >= 15 is 0 Å². The van der Waals surface area contributed by atoms with Crippen molar-refractivity contribution in [2.24, 2.45) is 11.5 Å². The number of carboxylic acid groups (broad SMARTS) is 1. The molecule has 0 radical (unpaired) electrons. The van der Waals surface area contributed by atoms with Crippen molar-refractivity contribution in [2.75, 3.05) is 28.2 Å². The zero-order chi connectivity index (χ0) is 82.6. The van der Waals surface area contributed by atoms with Crippen LogP contribution in [-0.2, 0) is 67.2 Å². The summed E-state index contributed by atoms with van der Waals surface area (Å²) in [6, 6.07) is 41.7. The number of amides is 9. The first-order valence-electron chi connectivity index (χ1n) is 36.3. The fourth-order valence-electron chi connectivity index (χ4n) is 12.4. The Labute approximate surface area is 652 Å². The van der Waals surface area contributed by atoms with E-state index in [0.717, 1.165) is 70.8 Å². The molecule has 0 bridgehead atoms. The SMILES string of the molecule is CN1C(=O)[C@@H](N)CC=C[C@@H]1c1ccccc1.CN1C(=O)[C@@H](N)CC=C[C@H]1c1ccccc1.C[C@H](NC(=O)Cc1cc(F)cc(F)c1)C(=O)N[C@H]1CC=C[C@@H](c2ccccc2)N(C)C1=O.C[C@H](NC(=O)Cc1cc(F)cc(F)c1)C(=O)N[C@H]1CC=C[C@H](c2ccccc2)N(C)C1=O.C[C@H](NC(=O)Cc1cc(F)cc(F)c1)C(=O)O. The number of carbonyl (C=O) groups excluding carboxylic acids is 9. The number of benzene rings is 7. The van der Waals surface area contributed by atoms with Crippen LogP contribution >= 0.6 is 0 Å². The molecule has 11 rings (SSSR count). The van der Waals surface area contributed by atoms with E-state index in [4.69, 9.17) is 16.6 Å². The minimum absolute atomic E-state index is 0.00106. The van der Waals surface area contributed by atoms with E-state index in [1.165, 1.54) is 20.8 Å². The summed E-state index contributed by atoms with van der Waals surface area (Å²) in [5.74, 6) is -9.14. The van der Waals surface area contributed by atoms with Gasteiger partial charge in [0.25, 0.3) is 0 Å². The van der Waals surface area contributed by atoms with Crippen molar-refractivity contribution < 1.29 is 79.4 Å². The van der Waals surface area contributed by atoms with Crippen LogP contribution in [0.1, 0.15) is 110 Å². The summed E-state index contributed by atoms with van der Waals surface area (Å²) in [5, 5.41) is 21.1. The number of carboxylic acids is 1. The van der Waals surface area contributed by atoms with Gasteiger partial charge >= 0.3 is 5.97 Å². The number of nitrogens with one attached hydrogen (secondary N) is 5. The van der Waals surface area contributed by atoms with Gasteiger partial charge in [-0.3, -0.25) is 47.9 Å². The minimum Gasteiger partial charge on any atom is -0.480 e. The van der Waals surface area contributed by atoms with Crippen molar-refractivity contribution in [2.45, 2.75) is 132 Å². The highest BCUT2D eigenvalue weighted by molar-refractivity contribution is 5.94. The summed E-state index contributed by atoms with van der Waals surface area (Å²) in [7, 11) is 6.96. The summed E-state index contributed by atoms with van der Waals surface area (Å²) < 4.78 is 78.8. The Balaban J connectivity index is 0.000000203. The number of halogens is 6. The number of rotatable bonds is 18. The van der Waals surface area contributed by atoms with Gasteiger partial charge in [0, 0.05) is 46.4 Å². The lowest BCUT2D eigenvalue weighted by Gasteiger charge is -2.28. The van der Waals surface area contributed by atoms with Crippen LogP contribution in [0.15, 0.2) is 225 Å². The fraction of sp³-hybridized carbons (Fsp3) is 0.294. The normalized spacial score (nSPS) is 20.0. The smallest absolute Gasteiger partial charge is 0.325 e. The van der Waals surface area contributed by atoms with E-state index in [2.05, 4.69) is 26.6 Å². The molecule has 10 N–H and O–H groups in total. The van der Waals surface area contributed by atoms with Gasteiger partial charge in [0.05, 0.1) is 55.5 Å². The molecule has 596 valence electrons. The third-order valence-electron chi connectivity index (χ3n) is 18.4. The van der Waals surface area contributed by atoms with Gasteiger partial charge in [-0.15, -0.1) is 0 Å². The van der Waals surface area contributed by atoms with E-state index < -0.39 is 113 Å². The first-order chi connectivity index (χ1) is 53.8. The van der Waals surface area contributed by atoms with Crippen LogP contribution in [0.2, 0.25) is 0 Å². The lowest BCUT2D eigenvalue weighted by Crippen LogP contribution is -2.52. The Kier molecular flexibility index (Phi) is 33.3. The molecule has 0 saturated carbocycles. The Morgan fingerprint density at radius 2 is 0.602 bits per heavy atom. The minimum atomic E-state index is -1.18.